The molecule has 0 aliphatic rings. The van der Waals surface area contributed by atoms with Gasteiger partial charge in [0.05, 0.1) is 13.2 Å². The molecule has 186 valence electrons. The van der Waals surface area contributed by atoms with Crippen LogP contribution in [-0.2, 0) is 28.7 Å². The maximum Gasteiger partial charge on any atom is 0.327 e. The van der Waals surface area contributed by atoms with Crippen LogP contribution in [-0.4, -0.2) is 59.4 Å². The topological polar surface area (TPSA) is 179 Å². The highest BCUT2D eigenvalue weighted by molar-refractivity contribution is 5.79. The van der Waals surface area contributed by atoms with E-state index in [1.54, 1.807) is 0 Å². The zero-order valence-corrected chi connectivity index (χ0v) is 19.6. The molecule has 0 aromatic carbocycles. The van der Waals surface area contributed by atoms with E-state index in [0.717, 1.165) is 18.9 Å². The van der Waals surface area contributed by atoms with Gasteiger partial charge in [0.25, 0.3) is 0 Å². The van der Waals surface area contributed by atoms with Crippen LogP contribution in [0.2, 0.25) is 0 Å². The second-order valence-electron chi connectivity index (χ2n) is 7.54. The number of hydrogen-bond acceptors (Lipinski definition) is 8. The molecule has 0 heterocycles. The number of carbonyl (C=O) groups is 4. The third-order valence-corrected chi connectivity index (χ3v) is 4.88. The lowest BCUT2D eigenvalue weighted by Gasteiger charge is -2.16. The smallest absolute Gasteiger partial charge is 0.327 e. The molecule has 0 rings (SSSR count). The number of aliphatic carboxylic acids is 2. The third-order valence-electron chi connectivity index (χ3n) is 4.88. The SMILES string of the molecule is CC[C@H](C)[C@H](N)C(=O)OCC/C=C\C(=O)O.CC[C@H](C)[C@H](N)C(=O)OCCCCC(=O)O. The van der Waals surface area contributed by atoms with Crippen LogP contribution in [0, 0.1) is 11.8 Å². The van der Waals surface area contributed by atoms with Crippen molar-refractivity contribution in [1.82, 2.24) is 0 Å². The van der Waals surface area contributed by atoms with E-state index in [9.17, 15) is 19.2 Å². The number of carboxylic acid groups (broad SMARTS) is 2. The Morgan fingerprint density at radius 3 is 1.72 bits per heavy atom. The maximum atomic E-state index is 11.4. The first-order chi connectivity index (χ1) is 15.0. The first-order valence-electron chi connectivity index (χ1n) is 10.9. The van der Waals surface area contributed by atoms with Gasteiger partial charge in [-0.2, -0.15) is 0 Å². The minimum absolute atomic E-state index is 0.0852. The summed E-state index contributed by atoms with van der Waals surface area (Å²) < 4.78 is 9.85. The van der Waals surface area contributed by atoms with Crippen molar-refractivity contribution in [1.29, 1.82) is 0 Å². The van der Waals surface area contributed by atoms with Gasteiger partial charge in [-0.25, -0.2) is 4.79 Å². The predicted octanol–water partition coefficient (Wildman–Crippen LogP) is 2.09. The molecule has 0 fully saturated rings. The van der Waals surface area contributed by atoms with E-state index in [2.05, 4.69) is 0 Å². The molecule has 0 bridgehead atoms. The highest BCUT2D eigenvalue weighted by atomic mass is 16.5. The number of esters is 2. The van der Waals surface area contributed by atoms with Gasteiger partial charge in [-0.3, -0.25) is 14.4 Å². The number of nitrogens with two attached hydrogens (primary N) is 2. The van der Waals surface area contributed by atoms with Gasteiger partial charge in [-0.05, 0) is 24.7 Å². The molecular formula is C22H40N2O8. The molecule has 4 atom stereocenters. The van der Waals surface area contributed by atoms with Gasteiger partial charge in [0, 0.05) is 18.9 Å². The minimum Gasteiger partial charge on any atom is -0.481 e. The Bertz CT molecular complexity index is 594. The zero-order chi connectivity index (χ0) is 25.1. The van der Waals surface area contributed by atoms with Gasteiger partial charge in [0.2, 0.25) is 0 Å². The zero-order valence-electron chi connectivity index (χ0n) is 19.6. The molecule has 0 saturated heterocycles. The number of unbranched alkanes of at least 4 members (excludes halogenated alkanes) is 1. The van der Waals surface area contributed by atoms with Crippen LogP contribution in [0.1, 0.15) is 66.2 Å². The van der Waals surface area contributed by atoms with Crippen molar-refractivity contribution in [2.45, 2.75) is 78.3 Å². The van der Waals surface area contributed by atoms with E-state index >= 15 is 0 Å². The summed E-state index contributed by atoms with van der Waals surface area (Å²) in [7, 11) is 0. The van der Waals surface area contributed by atoms with Crippen LogP contribution < -0.4 is 11.5 Å². The van der Waals surface area contributed by atoms with Gasteiger partial charge in [0.1, 0.15) is 12.1 Å². The van der Waals surface area contributed by atoms with Crippen LogP contribution >= 0.6 is 0 Å². The van der Waals surface area contributed by atoms with E-state index < -0.39 is 36.0 Å². The fourth-order valence-corrected chi connectivity index (χ4v) is 2.13. The van der Waals surface area contributed by atoms with E-state index in [0.29, 0.717) is 19.3 Å². The molecule has 0 unspecified atom stereocenters. The molecule has 32 heavy (non-hydrogen) atoms. The predicted molar refractivity (Wildman–Crippen MR) is 120 cm³/mol. The maximum absolute atomic E-state index is 11.4. The lowest BCUT2D eigenvalue weighted by molar-refractivity contribution is -0.147. The molecule has 0 radical (unpaired) electrons. The van der Waals surface area contributed by atoms with Crippen LogP contribution in [0.25, 0.3) is 0 Å². The van der Waals surface area contributed by atoms with Crippen molar-refractivity contribution in [2.75, 3.05) is 13.2 Å². The van der Waals surface area contributed by atoms with Gasteiger partial charge in [-0.15, -0.1) is 0 Å². The Hall–Kier alpha value is -2.46. The summed E-state index contributed by atoms with van der Waals surface area (Å²) >= 11 is 0. The fraction of sp³-hybridized carbons (Fsp3) is 0.727. The summed E-state index contributed by atoms with van der Waals surface area (Å²) in [5.74, 6) is -2.48. The molecule has 0 saturated carbocycles. The van der Waals surface area contributed by atoms with Gasteiger partial charge >= 0.3 is 23.9 Å². The van der Waals surface area contributed by atoms with E-state index in [1.807, 2.05) is 27.7 Å². The Labute approximate surface area is 190 Å². The molecule has 0 aromatic rings. The Kier molecular flexibility index (Phi) is 19.1. The molecular weight excluding hydrogens is 420 g/mol. The van der Waals surface area contributed by atoms with Crippen LogP contribution in [0.5, 0.6) is 0 Å². The second kappa shape index (κ2) is 19.2. The Morgan fingerprint density at radius 2 is 1.31 bits per heavy atom. The first kappa shape index (κ1) is 31.7. The standard InChI is InChI=1S/C11H21NO4.C11H19NO4/c2*1-3-8(2)10(12)11(15)16-7-5-4-6-9(13)14/h8,10H,3-7,12H2,1-2H3,(H,13,14);4,6,8,10H,3,5,7,12H2,1-2H3,(H,13,14)/b;6-4-/t2*8-,10-/m00/s1. The van der Waals surface area contributed by atoms with Crippen LogP contribution in [0.15, 0.2) is 12.2 Å². The second-order valence-corrected chi connectivity index (χ2v) is 7.54. The minimum atomic E-state index is -1.01. The summed E-state index contributed by atoms with van der Waals surface area (Å²) in [6, 6.07) is -1.18. The average molecular weight is 461 g/mol. The summed E-state index contributed by atoms with van der Waals surface area (Å²) in [6.07, 6.45) is 5.66. The number of rotatable bonds is 15. The van der Waals surface area contributed by atoms with Crippen molar-refractivity contribution in [3.8, 4) is 0 Å². The molecule has 0 aliphatic carbocycles. The number of carboxylic acids is 2. The van der Waals surface area contributed by atoms with Crippen LogP contribution in [0.3, 0.4) is 0 Å². The number of carbonyl (C=O) groups excluding carboxylic acids is 2. The normalized spacial score (nSPS) is 14.4. The van der Waals surface area contributed by atoms with Crippen LogP contribution in [0.4, 0.5) is 0 Å². The lowest BCUT2D eigenvalue weighted by atomic mass is 10.0. The monoisotopic (exact) mass is 460 g/mol. The molecule has 10 nitrogen and oxygen atoms in total. The Balaban J connectivity index is 0. The third kappa shape index (κ3) is 17.2. The number of hydrogen-bond donors (Lipinski definition) is 4. The number of ether oxygens (including phenoxy) is 2. The summed E-state index contributed by atoms with van der Waals surface area (Å²) in [5.41, 5.74) is 11.3. The summed E-state index contributed by atoms with van der Waals surface area (Å²) in [4.78, 5) is 43.1. The quantitative estimate of drug-likeness (QED) is 0.160. The van der Waals surface area contributed by atoms with Gasteiger partial charge < -0.3 is 31.2 Å². The van der Waals surface area contributed by atoms with Crippen molar-refractivity contribution >= 4 is 23.9 Å². The van der Waals surface area contributed by atoms with Crippen molar-refractivity contribution in [3.05, 3.63) is 12.2 Å². The molecule has 0 aromatic heterocycles. The highest BCUT2D eigenvalue weighted by Gasteiger charge is 2.21. The summed E-state index contributed by atoms with van der Waals surface area (Å²) in [5, 5.41) is 16.7. The van der Waals surface area contributed by atoms with Gasteiger partial charge in [0.15, 0.2) is 0 Å². The molecule has 6 N–H and O–H groups in total. The Morgan fingerprint density at radius 1 is 0.844 bits per heavy atom. The molecule has 0 amide bonds. The van der Waals surface area contributed by atoms with Crippen molar-refractivity contribution in [3.63, 3.8) is 0 Å². The highest BCUT2D eigenvalue weighted by Crippen LogP contribution is 2.08. The molecule has 10 heteroatoms. The van der Waals surface area contributed by atoms with Crippen molar-refractivity contribution in [2.24, 2.45) is 23.3 Å². The molecule has 0 spiro atoms. The molecule has 0 aliphatic heterocycles. The first-order valence-corrected chi connectivity index (χ1v) is 10.9. The van der Waals surface area contributed by atoms with E-state index in [1.165, 1.54) is 6.08 Å². The summed E-state index contributed by atoms with van der Waals surface area (Å²) in [6.45, 7) is 8.10. The van der Waals surface area contributed by atoms with Gasteiger partial charge in [-0.1, -0.05) is 46.6 Å². The fourth-order valence-electron chi connectivity index (χ4n) is 2.13. The van der Waals surface area contributed by atoms with E-state index in [4.69, 9.17) is 31.2 Å². The largest absolute Gasteiger partial charge is 0.481 e. The average Bonchev–Trinajstić information content (AvgIpc) is 2.75. The van der Waals surface area contributed by atoms with Crippen molar-refractivity contribution < 1.29 is 38.9 Å². The lowest BCUT2D eigenvalue weighted by Crippen LogP contribution is -2.38. The van der Waals surface area contributed by atoms with E-state index in [-0.39, 0.29) is 31.5 Å².